The molecule has 0 rings (SSSR count). The highest BCUT2D eigenvalue weighted by atomic mass is 19.4. The molecule has 0 aliphatic carbocycles. The molecule has 17 heavy (non-hydrogen) atoms. The SMILES string of the molecule is CCCC(F)(F)F.FCOCCOC(F)(F)F. The van der Waals surface area contributed by atoms with Crippen molar-refractivity contribution in [3.63, 3.8) is 0 Å². The average Bonchev–Trinajstić information content (AvgIpc) is 2.10. The fourth-order valence-electron chi connectivity index (χ4n) is 0.554. The van der Waals surface area contributed by atoms with Gasteiger partial charge in [-0.3, -0.25) is 4.74 Å². The van der Waals surface area contributed by atoms with Crippen LogP contribution in [0.1, 0.15) is 19.8 Å². The van der Waals surface area contributed by atoms with Gasteiger partial charge >= 0.3 is 12.5 Å². The summed E-state index contributed by atoms with van der Waals surface area (Å²) in [5.41, 5.74) is 0. The molecular weight excluding hydrogens is 261 g/mol. The lowest BCUT2D eigenvalue weighted by molar-refractivity contribution is -0.327. The highest BCUT2D eigenvalue weighted by molar-refractivity contribution is 4.44. The fraction of sp³-hybridized carbons (Fsp3) is 1.00. The number of rotatable bonds is 5. The third-order valence-corrected chi connectivity index (χ3v) is 1.10. The van der Waals surface area contributed by atoms with Crippen molar-refractivity contribution in [1.29, 1.82) is 0 Å². The van der Waals surface area contributed by atoms with Crippen LogP contribution in [-0.2, 0) is 9.47 Å². The first kappa shape index (κ1) is 18.8. The second-order valence-corrected chi connectivity index (χ2v) is 2.68. The van der Waals surface area contributed by atoms with Crippen molar-refractivity contribution in [3.05, 3.63) is 0 Å². The summed E-state index contributed by atoms with van der Waals surface area (Å²) in [6.07, 6.45) is -9.08. The highest BCUT2D eigenvalue weighted by Gasteiger charge is 2.28. The van der Waals surface area contributed by atoms with Gasteiger partial charge in [-0.25, -0.2) is 4.39 Å². The molecule has 0 bridgehead atoms. The van der Waals surface area contributed by atoms with Crippen molar-refractivity contribution < 1.29 is 40.2 Å². The van der Waals surface area contributed by atoms with Crippen molar-refractivity contribution in [3.8, 4) is 0 Å². The van der Waals surface area contributed by atoms with Crippen LogP contribution in [0.3, 0.4) is 0 Å². The summed E-state index contributed by atoms with van der Waals surface area (Å²) in [7, 11) is 0. The van der Waals surface area contributed by atoms with Gasteiger partial charge in [0.2, 0.25) is 0 Å². The number of hydrogen-bond acceptors (Lipinski definition) is 2. The molecule has 0 saturated heterocycles. The minimum atomic E-state index is -4.65. The Hall–Kier alpha value is -0.570. The van der Waals surface area contributed by atoms with Gasteiger partial charge in [0.05, 0.1) is 13.2 Å². The van der Waals surface area contributed by atoms with Gasteiger partial charge in [-0.2, -0.15) is 13.2 Å². The van der Waals surface area contributed by atoms with Gasteiger partial charge in [-0.15, -0.1) is 13.2 Å². The molecule has 0 heterocycles. The first-order chi connectivity index (χ1) is 7.62. The van der Waals surface area contributed by atoms with E-state index in [4.69, 9.17) is 0 Å². The van der Waals surface area contributed by atoms with Crippen LogP contribution in [0.15, 0.2) is 0 Å². The van der Waals surface area contributed by atoms with E-state index in [2.05, 4.69) is 9.47 Å². The largest absolute Gasteiger partial charge is 0.522 e. The molecule has 0 aliphatic rings. The lowest BCUT2D eigenvalue weighted by Crippen LogP contribution is -2.16. The summed E-state index contributed by atoms with van der Waals surface area (Å²) in [6, 6.07) is 0. The maximum atomic E-state index is 11.1. The molecule has 0 aliphatic heterocycles. The fourth-order valence-corrected chi connectivity index (χ4v) is 0.554. The van der Waals surface area contributed by atoms with Gasteiger partial charge in [-0.05, 0) is 6.42 Å². The molecule has 9 heteroatoms. The van der Waals surface area contributed by atoms with Crippen LogP contribution in [0.2, 0.25) is 0 Å². The van der Waals surface area contributed by atoms with Crippen LogP contribution < -0.4 is 0 Å². The van der Waals surface area contributed by atoms with Crippen LogP contribution in [0.25, 0.3) is 0 Å². The number of ether oxygens (including phenoxy) is 2. The summed E-state index contributed by atoms with van der Waals surface area (Å²) in [5, 5.41) is 0. The van der Waals surface area contributed by atoms with Gasteiger partial charge < -0.3 is 4.74 Å². The molecule has 0 N–H and O–H groups in total. The molecule has 0 radical (unpaired) electrons. The standard InChI is InChI=1S/C4H6F4O2.C4H7F3/c5-3-9-1-2-10-4(6,7)8;1-2-3-4(5,6)7/h1-3H2;2-3H2,1H3. The molecule has 106 valence electrons. The zero-order chi connectivity index (χ0) is 13.9. The van der Waals surface area contributed by atoms with Crippen molar-refractivity contribution >= 4 is 0 Å². The summed E-state index contributed by atoms with van der Waals surface area (Å²) in [4.78, 5) is 0. The normalized spacial score (nSPS) is 12.0. The Kier molecular flexibility index (Phi) is 10.5. The Labute approximate surface area is 93.7 Å². The molecular formula is C8H13F7O2. The third-order valence-electron chi connectivity index (χ3n) is 1.10. The predicted octanol–water partition coefficient (Wildman–Crippen LogP) is 3.82. The molecule has 0 atom stereocenters. The molecule has 2 nitrogen and oxygen atoms in total. The van der Waals surface area contributed by atoms with E-state index < -0.39 is 39.0 Å². The number of hydrogen-bond donors (Lipinski definition) is 0. The van der Waals surface area contributed by atoms with Crippen LogP contribution in [0, 0.1) is 0 Å². The smallest absolute Gasteiger partial charge is 0.348 e. The van der Waals surface area contributed by atoms with Crippen LogP contribution in [-0.4, -0.2) is 32.6 Å². The van der Waals surface area contributed by atoms with Crippen molar-refractivity contribution in [2.24, 2.45) is 0 Å². The molecule has 0 amide bonds. The number of halogens is 7. The first-order valence-electron chi connectivity index (χ1n) is 4.53. The zero-order valence-corrected chi connectivity index (χ0v) is 9.00. The quantitative estimate of drug-likeness (QED) is 0.560. The predicted molar refractivity (Wildman–Crippen MR) is 44.9 cm³/mol. The highest BCUT2D eigenvalue weighted by Crippen LogP contribution is 2.20. The maximum absolute atomic E-state index is 11.1. The Morgan fingerprint density at radius 2 is 1.47 bits per heavy atom. The molecule has 0 spiro atoms. The molecule has 0 unspecified atom stereocenters. The molecule has 0 aromatic rings. The summed E-state index contributed by atoms with van der Waals surface area (Å²) in [5.74, 6) is 0. The van der Waals surface area contributed by atoms with E-state index in [-0.39, 0.29) is 6.42 Å². The second-order valence-electron chi connectivity index (χ2n) is 2.68. The lowest BCUT2D eigenvalue weighted by atomic mass is 10.3. The zero-order valence-electron chi connectivity index (χ0n) is 9.00. The summed E-state index contributed by atoms with van der Waals surface area (Å²) >= 11 is 0. The van der Waals surface area contributed by atoms with E-state index in [9.17, 15) is 30.7 Å². The Bertz CT molecular complexity index is 166. The van der Waals surface area contributed by atoms with Crippen molar-refractivity contribution in [2.45, 2.75) is 32.3 Å². The molecule has 0 aromatic heterocycles. The third kappa shape index (κ3) is 25.6. The van der Waals surface area contributed by atoms with Crippen LogP contribution in [0.5, 0.6) is 0 Å². The van der Waals surface area contributed by atoms with Crippen LogP contribution in [0.4, 0.5) is 30.7 Å². The van der Waals surface area contributed by atoms with E-state index in [1.165, 1.54) is 6.92 Å². The maximum Gasteiger partial charge on any atom is 0.522 e. The van der Waals surface area contributed by atoms with E-state index in [0.29, 0.717) is 0 Å². The topological polar surface area (TPSA) is 18.5 Å². The number of alkyl halides is 7. The second kappa shape index (κ2) is 9.46. The molecule has 0 saturated carbocycles. The monoisotopic (exact) mass is 274 g/mol. The minimum Gasteiger partial charge on any atom is -0.348 e. The Morgan fingerprint density at radius 3 is 1.71 bits per heavy atom. The van der Waals surface area contributed by atoms with Crippen LogP contribution >= 0.6 is 0 Å². The average molecular weight is 274 g/mol. The Morgan fingerprint density at radius 1 is 0.941 bits per heavy atom. The molecule has 0 fully saturated rings. The van der Waals surface area contributed by atoms with Gasteiger partial charge in [0.1, 0.15) is 0 Å². The van der Waals surface area contributed by atoms with Gasteiger partial charge in [-0.1, -0.05) is 6.92 Å². The summed E-state index contributed by atoms with van der Waals surface area (Å²) in [6.45, 7) is -0.655. The summed E-state index contributed by atoms with van der Waals surface area (Å²) < 4.78 is 84.7. The minimum absolute atomic E-state index is 0.184. The van der Waals surface area contributed by atoms with E-state index in [0.717, 1.165) is 0 Å². The Balaban J connectivity index is 0. The van der Waals surface area contributed by atoms with Gasteiger partial charge in [0.15, 0.2) is 6.86 Å². The van der Waals surface area contributed by atoms with Crippen molar-refractivity contribution in [1.82, 2.24) is 0 Å². The van der Waals surface area contributed by atoms with E-state index in [1.54, 1.807) is 0 Å². The molecule has 0 aromatic carbocycles. The van der Waals surface area contributed by atoms with E-state index in [1.807, 2.05) is 0 Å². The first-order valence-corrected chi connectivity index (χ1v) is 4.53. The van der Waals surface area contributed by atoms with Crippen molar-refractivity contribution in [2.75, 3.05) is 20.1 Å². The lowest BCUT2D eigenvalue weighted by Gasteiger charge is -2.05. The van der Waals surface area contributed by atoms with Gasteiger partial charge in [0.25, 0.3) is 0 Å². The van der Waals surface area contributed by atoms with Gasteiger partial charge in [0, 0.05) is 6.42 Å². The van der Waals surface area contributed by atoms with E-state index >= 15 is 0 Å².